The number of hydrogen-bond donors (Lipinski definition) is 0. The van der Waals surface area contributed by atoms with E-state index in [0.717, 1.165) is 15.6 Å². The van der Waals surface area contributed by atoms with E-state index >= 15 is 0 Å². The SMILES string of the molecule is O=C(C=CSc1nc(-c2ccccc2)cs1)c1ccc(F)cc1. The highest BCUT2D eigenvalue weighted by atomic mass is 32.2. The van der Waals surface area contributed by atoms with Crippen molar-refractivity contribution in [3.05, 3.63) is 82.8 Å². The summed E-state index contributed by atoms with van der Waals surface area (Å²) in [5.41, 5.74) is 2.46. The molecule has 2 nitrogen and oxygen atoms in total. The molecule has 1 heterocycles. The van der Waals surface area contributed by atoms with Crippen molar-refractivity contribution in [3.8, 4) is 11.3 Å². The minimum atomic E-state index is -0.351. The van der Waals surface area contributed by atoms with Gasteiger partial charge in [-0.25, -0.2) is 9.37 Å². The Balaban J connectivity index is 1.63. The molecule has 0 N–H and O–H groups in total. The first-order valence-electron chi connectivity index (χ1n) is 6.86. The summed E-state index contributed by atoms with van der Waals surface area (Å²) < 4.78 is 13.7. The smallest absolute Gasteiger partial charge is 0.186 e. The predicted molar refractivity (Wildman–Crippen MR) is 93.3 cm³/mol. The fraction of sp³-hybridized carbons (Fsp3) is 0. The number of allylic oxidation sites excluding steroid dienone is 1. The van der Waals surface area contributed by atoms with Crippen molar-refractivity contribution in [2.24, 2.45) is 0 Å². The highest BCUT2D eigenvalue weighted by Gasteiger charge is 2.04. The molecule has 0 aliphatic rings. The summed E-state index contributed by atoms with van der Waals surface area (Å²) >= 11 is 2.93. The van der Waals surface area contributed by atoms with Crippen molar-refractivity contribution in [3.63, 3.8) is 0 Å². The van der Waals surface area contributed by atoms with Crippen LogP contribution in [-0.2, 0) is 0 Å². The lowest BCUT2D eigenvalue weighted by Crippen LogP contribution is -1.93. The first-order chi connectivity index (χ1) is 11.2. The van der Waals surface area contributed by atoms with E-state index in [2.05, 4.69) is 4.98 Å². The Kier molecular flexibility index (Phi) is 5.00. The molecular weight excluding hydrogens is 329 g/mol. The van der Waals surface area contributed by atoms with E-state index in [1.165, 1.54) is 53.4 Å². The van der Waals surface area contributed by atoms with Gasteiger partial charge in [-0.2, -0.15) is 0 Å². The van der Waals surface area contributed by atoms with Crippen LogP contribution in [0.5, 0.6) is 0 Å². The van der Waals surface area contributed by atoms with Gasteiger partial charge in [0.1, 0.15) is 5.82 Å². The van der Waals surface area contributed by atoms with Gasteiger partial charge in [0, 0.05) is 16.5 Å². The third kappa shape index (κ3) is 4.15. The molecule has 0 bridgehead atoms. The zero-order valence-corrected chi connectivity index (χ0v) is 13.6. The van der Waals surface area contributed by atoms with Crippen molar-refractivity contribution < 1.29 is 9.18 Å². The molecule has 0 unspecified atom stereocenters. The van der Waals surface area contributed by atoms with E-state index in [-0.39, 0.29) is 11.6 Å². The van der Waals surface area contributed by atoms with Gasteiger partial charge in [0.2, 0.25) is 0 Å². The van der Waals surface area contributed by atoms with Crippen LogP contribution in [0.2, 0.25) is 0 Å². The number of carbonyl (C=O) groups excluding carboxylic acids is 1. The fourth-order valence-corrected chi connectivity index (χ4v) is 3.46. The second-order valence-corrected chi connectivity index (χ2v) is 6.67. The van der Waals surface area contributed by atoms with Crippen molar-refractivity contribution in [1.29, 1.82) is 0 Å². The number of carbonyl (C=O) groups is 1. The quantitative estimate of drug-likeness (QED) is 0.352. The van der Waals surface area contributed by atoms with E-state index < -0.39 is 0 Å². The van der Waals surface area contributed by atoms with Gasteiger partial charge in [-0.3, -0.25) is 4.79 Å². The van der Waals surface area contributed by atoms with Gasteiger partial charge in [-0.15, -0.1) is 11.3 Å². The van der Waals surface area contributed by atoms with Crippen LogP contribution in [-0.4, -0.2) is 10.8 Å². The molecule has 2 aromatic carbocycles. The van der Waals surface area contributed by atoms with E-state index in [1.54, 1.807) is 5.41 Å². The molecule has 0 aliphatic carbocycles. The van der Waals surface area contributed by atoms with Crippen LogP contribution in [0.25, 0.3) is 11.3 Å². The number of thioether (sulfide) groups is 1. The number of thiazole rings is 1. The van der Waals surface area contributed by atoms with Gasteiger partial charge in [0.15, 0.2) is 10.1 Å². The Bertz CT molecular complexity index is 826. The Morgan fingerprint density at radius 1 is 1.09 bits per heavy atom. The minimum Gasteiger partial charge on any atom is -0.289 e. The van der Waals surface area contributed by atoms with Crippen LogP contribution < -0.4 is 0 Å². The summed E-state index contributed by atoms with van der Waals surface area (Å²) in [5, 5.41) is 3.70. The summed E-state index contributed by atoms with van der Waals surface area (Å²) in [5.74, 6) is -0.506. The molecule has 0 radical (unpaired) electrons. The molecule has 3 rings (SSSR count). The number of ketones is 1. The molecule has 0 saturated heterocycles. The van der Waals surface area contributed by atoms with Crippen LogP contribution in [0.3, 0.4) is 0 Å². The highest BCUT2D eigenvalue weighted by Crippen LogP contribution is 2.28. The maximum atomic E-state index is 12.8. The lowest BCUT2D eigenvalue weighted by Gasteiger charge is -1.95. The molecule has 0 aliphatic heterocycles. The molecule has 0 saturated carbocycles. The molecule has 0 spiro atoms. The summed E-state index contributed by atoms with van der Waals surface area (Å²) in [7, 11) is 0. The summed E-state index contributed by atoms with van der Waals surface area (Å²) in [4.78, 5) is 16.5. The van der Waals surface area contributed by atoms with Gasteiger partial charge in [-0.05, 0) is 35.7 Å². The largest absolute Gasteiger partial charge is 0.289 e. The van der Waals surface area contributed by atoms with Crippen molar-refractivity contribution >= 4 is 28.9 Å². The topological polar surface area (TPSA) is 30.0 Å². The highest BCUT2D eigenvalue weighted by molar-refractivity contribution is 8.03. The molecule has 23 heavy (non-hydrogen) atoms. The van der Waals surface area contributed by atoms with Crippen LogP contribution in [0.15, 0.2) is 75.8 Å². The Hall–Kier alpha value is -2.24. The number of aromatic nitrogens is 1. The standard InChI is InChI=1S/C18H12FNOS2/c19-15-8-6-14(7-9-15)17(21)10-11-22-18-20-16(12-23-18)13-4-2-1-3-5-13/h1-12H. The second kappa shape index (κ2) is 7.35. The van der Waals surface area contributed by atoms with Crippen molar-refractivity contribution in [1.82, 2.24) is 4.98 Å². The maximum absolute atomic E-state index is 12.8. The van der Waals surface area contributed by atoms with Gasteiger partial charge in [0.05, 0.1) is 5.69 Å². The van der Waals surface area contributed by atoms with E-state index in [9.17, 15) is 9.18 Å². The zero-order chi connectivity index (χ0) is 16.1. The number of benzene rings is 2. The molecular formula is C18H12FNOS2. The Labute approximate surface area is 141 Å². The predicted octanol–water partition coefficient (Wildman–Crippen LogP) is 5.44. The molecule has 5 heteroatoms. The van der Waals surface area contributed by atoms with Crippen LogP contribution in [0, 0.1) is 5.82 Å². The van der Waals surface area contributed by atoms with Gasteiger partial charge >= 0.3 is 0 Å². The van der Waals surface area contributed by atoms with Gasteiger partial charge in [-0.1, -0.05) is 42.1 Å². The number of rotatable bonds is 5. The molecule has 0 amide bonds. The minimum absolute atomic E-state index is 0.155. The third-order valence-corrected chi connectivity index (χ3v) is 4.85. The van der Waals surface area contributed by atoms with E-state index in [0.29, 0.717) is 5.56 Å². The Morgan fingerprint density at radius 2 is 1.83 bits per heavy atom. The second-order valence-electron chi connectivity index (χ2n) is 4.66. The van der Waals surface area contributed by atoms with Crippen molar-refractivity contribution in [2.45, 2.75) is 4.34 Å². The van der Waals surface area contributed by atoms with E-state index in [1.807, 2.05) is 35.7 Å². The van der Waals surface area contributed by atoms with Crippen LogP contribution in [0.4, 0.5) is 4.39 Å². The number of nitrogens with zero attached hydrogens (tertiary/aromatic N) is 1. The third-order valence-electron chi connectivity index (χ3n) is 3.07. The molecule has 0 fully saturated rings. The number of hydrogen-bond acceptors (Lipinski definition) is 4. The van der Waals surface area contributed by atoms with Crippen LogP contribution in [0.1, 0.15) is 10.4 Å². The van der Waals surface area contributed by atoms with Crippen LogP contribution >= 0.6 is 23.1 Å². The van der Waals surface area contributed by atoms with Gasteiger partial charge < -0.3 is 0 Å². The zero-order valence-electron chi connectivity index (χ0n) is 12.0. The first kappa shape index (κ1) is 15.6. The van der Waals surface area contributed by atoms with E-state index in [4.69, 9.17) is 0 Å². The summed E-state index contributed by atoms with van der Waals surface area (Å²) in [6.07, 6.45) is 1.47. The van der Waals surface area contributed by atoms with Crippen molar-refractivity contribution in [2.75, 3.05) is 0 Å². The Morgan fingerprint density at radius 3 is 2.57 bits per heavy atom. The molecule has 3 aromatic rings. The van der Waals surface area contributed by atoms with Gasteiger partial charge in [0.25, 0.3) is 0 Å². The normalized spacial score (nSPS) is 11.0. The summed E-state index contributed by atoms with van der Waals surface area (Å²) in [6.45, 7) is 0. The lowest BCUT2D eigenvalue weighted by molar-refractivity contribution is 0.104. The molecule has 0 atom stereocenters. The first-order valence-corrected chi connectivity index (χ1v) is 8.62. The monoisotopic (exact) mass is 341 g/mol. The lowest BCUT2D eigenvalue weighted by atomic mass is 10.1. The average Bonchev–Trinajstić information content (AvgIpc) is 3.05. The molecule has 1 aromatic heterocycles. The fourth-order valence-electron chi connectivity index (χ4n) is 1.92. The number of halogens is 1. The average molecular weight is 341 g/mol. The maximum Gasteiger partial charge on any atom is 0.186 e. The molecule has 114 valence electrons. The summed E-state index contributed by atoms with van der Waals surface area (Å²) in [6, 6.07) is 15.4.